The molecule has 1 aliphatic heterocycles. The third-order valence-electron chi connectivity index (χ3n) is 7.03. The smallest absolute Gasteiger partial charge is 0.248 e. The van der Waals surface area contributed by atoms with Gasteiger partial charge < -0.3 is 19.7 Å². The lowest BCUT2D eigenvalue weighted by atomic mass is 10.1. The number of thiophene rings is 1. The molecule has 0 bridgehead atoms. The number of carbonyl (C=O) groups is 2. The Bertz CT molecular complexity index is 1500. The van der Waals surface area contributed by atoms with E-state index in [1.807, 2.05) is 29.6 Å². The standard InChI is InChI=1S/C28H27FN6O4S/c29-21-9-4-3-8-20(21)27-31-33-35(32-27)16-25(36)34(15-18-11-12-22-23(14-18)39-17-38-22)26(24-10-5-13-40-24)28(37)30-19-6-1-2-7-19/h3-5,8-14,19,26H,1-2,6-7,15-17H2,(H,30,37). The van der Waals surface area contributed by atoms with Gasteiger partial charge in [0.1, 0.15) is 18.4 Å². The van der Waals surface area contributed by atoms with Crippen LogP contribution in [0.5, 0.6) is 11.5 Å². The van der Waals surface area contributed by atoms with Crippen LogP contribution in [-0.4, -0.2) is 49.8 Å². The summed E-state index contributed by atoms with van der Waals surface area (Å²) in [4.78, 5) is 31.1. The molecule has 6 rings (SSSR count). The lowest BCUT2D eigenvalue weighted by molar-refractivity contribution is -0.142. The minimum absolute atomic E-state index is 0.0713. The van der Waals surface area contributed by atoms with E-state index in [9.17, 15) is 14.0 Å². The van der Waals surface area contributed by atoms with Crippen molar-refractivity contribution in [1.29, 1.82) is 0 Å². The molecule has 1 N–H and O–H groups in total. The van der Waals surface area contributed by atoms with E-state index < -0.39 is 17.8 Å². The fourth-order valence-electron chi connectivity index (χ4n) is 5.05. The molecule has 1 saturated carbocycles. The summed E-state index contributed by atoms with van der Waals surface area (Å²) in [5.41, 5.74) is 0.956. The number of hydrogen-bond donors (Lipinski definition) is 1. The van der Waals surface area contributed by atoms with E-state index in [1.54, 1.807) is 24.3 Å². The first-order valence-corrected chi connectivity index (χ1v) is 14.0. The van der Waals surface area contributed by atoms with Crippen LogP contribution in [0.25, 0.3) is 11.4 Å². The van der Waals surface area contributed by atoms with Gasteiger partial charge in [-0.25, -0.2) is 4.39 Å². The molecular weight excluding hydrogens is 535 g/mol. The average Bonchev–Trinajstić information content (AvgIpc) is 3.77. The monoisotopic (exact) mass is 562 g/mol. The van der Waals surface area contributed by atoms with Crippen molar-refractivity contribution >= 4 is 23.2 Å². The topological polar surface area (TPSA) is 111 Å². The highest BCUT2D eigenvalue weighted by Gasteiger charge is 2.34. The number of fused-ring (bicyclic) bond motifs is 1. The molecule has 0 saturated heterocycles. The van der Waals surface area contributed by atoms with Gasteiger partial charge in [-0.1, -0.05) is 37.1 Å². The molecule has 10 nitrogen and oxygen atoms in total. The molecule has 40 heavy (non-hydrogen) atoms. The van der Waals surface area contributed by atoms with Gasteiger partial charge >= 0.3 is 0 Å². The molecule has 0 radical (unpaired) electrons. The van der Waals surface area contributed by atoms with Crippen LogP contribution in [0.1, 0.15) is 42.2 Å². The van der Waals surface area contributed by atoms with E-state index in [4.69, 9.17) is 9.47 Å². The van der Waals surface area contributed by atoms with E-state index in [1.165, 1.54) is 22.3 Å². The summed E-state index contributed by atoms with van der Waals surface area (Å²) in [5.74, 6) is 0.168. The molecule has 0 spiro atoms. The Morgan fingerprint density at radius 2 is 1.93 bits per heavy atom. The summed E-state index contributed by atoms with van der Waals surface area (Å²) < 4.78 is 25.2. The highest BCUT2D eigenvalue weighted by Crippen LogP contribution is 2.34. The van der Waals surface area contributed by atoms with E-state index in [0.717, 1.165) is 40.9 Å². The van der Waals surface area contributed by atoms with Crippen LogP contribution in [-0.2, 0) is 22.7 Å². The zero-order chi connectivity index (χ0) is 27.5. The van der Waals surface area contributed by atoms with Gasteiger partial charge in [-0.15, -0.1) is 21.5 Å². The van der Waals surface area contributed by atoms with Crippen LogP contribution in [0.15, 0.2) is 60.0 Å². The SMILES string of the molecule is O=C(NC1CCCC1)C(c1cccs1)N(Cc1ccc2c(c1)OCO2)C(=O)Cn1nnc(-c2ccccc2F)n1. The van der Waals surface area contributed by atoms with Crippen molar-refractivity contribution in [3.63, 3.8) is 0 Å². The Morgan fingerprint density at radius 3 is 2.73 bits per heavy atom. The predicted molar refractivity (Wildman–Crippen MR) is 144 cm³/mol. The molecule has 1 atom stereocenters. The third-order valence-corrected chi connectivity index (χ3v) is 7.95. The average molecular weight is 563 g/mol. The Kier molecular flexibility index (Phi) is 7.41. The largest absolute Gasteiger partial charge is 0.454 e. The fourth-order valence-corrected chi connectivity index (χ4v) is 5.89. The van der Waals surface area contributed by atoms with Crippen LogP contribution < -0.4 is 14.8 Å². The highest BCUT2D eigenvalue weighted by molar-refractivity contribution is 7.10. The Labute approximate surface area is 233 Å². The lowest BCUT2D eigenvalue weighted by Gasteiger charge is -2.31. The van der Waals surface area contributed by atoms with E-state index in [2.05, 4.69) is 20.7 Å². The number of hydrogen-bond acceptors (Lipinski definition) is 8. The molecule has 2 aromatic carbocycles. The maximum absolute atomic E-state index is 14.3. The van der Waals surface area contributed by atoms with Crippen molar-refractivity contribution in [2.24, 2.45) is 0 Å². The number of benzene rings is 2. The number of nitrogens with one attached hydrogen (secondary N) is 1. The number of aromatic nitrogens is 4. The highest BCUT2D eigenvalue weighted by atomic mass is 32.1. The van der Waals surface area contributed by atoms with Crippen LogP contribution in [0, 0.1) is 5.82 Å². The van der Waals surface area contributed by atoms with Gasteiger partial charge in [-0.3, -0.25) is 9.59 Å². The van der Waals surface area contributed by atoms with Crippen LogP contribution in [0.2, 0.25) is 0 Å². The van der Waals surface area contributed by atoms with E-state index >= 15 is 0 Å². The molecule has 12 heteroatoms. The van der Waals surface area contributed by atoms with Gasteiger partial charge in [0.2, 0.25) is 24.4 Å². The molecule has 4 aromatic rings. The minimum atomic E-state index is -0.868. The van der Waals surface area contributed by atoms with Crippen molar-refractivity contribution in [3.05, 3.63) is 76.2 Å². The summed E-state index contributed by atoms with van der Waals surface area (Å²) in [7, 11) is 0. The maximum atomic E-state index is 14.3. The normalized spacial score (nSPS) is 15.2. The first-order chi connectivity index (χ1) is 19.5. The van der Waals surface area contributed by atoms with Gasteiger partial charge in [0.05, 0.1) is 5.56 Å². The van der Waals surface area contributed by atoms with E-state index in [0.29, 0.717) is 11.5 Å². The van der Waals surface area contributed by atoms with Crippen LogP contribution in [0.3, 0.4) is 0 Å². The first-order valence-electron chi connectivity index (χ1n) is 13.1. The summed E-state index contributed by atoms with van der Waals surface area (Å²) >= 11 is 1.41. The second kappa shape index (κ2) is 11.4. The summed E-state index contributed by atoms with van der Waals surface area (Å²) in [6.07, 6.45) is 3.97. The van der Waals surface area contributed by atoms with Gasteiger partial charge in [-0.05, 0) is 59.3 Å². The fraction of sp³-hybridized carbons (Fsp3) is 0.321. The van der Waals surface area contributed by atoms with E-state index in [-0.39, 0.29) is 43.2 Å². The second-order valence-corrected chi connectivity index (χ2v) is 10.7. The molecule has 2 aliphatic rings. The van der Waals surface area contributed by atoms with Gasteiger partial charge in [0, 0.05) is 17.5 Å². The van der Waals surface area contributed by atoms with Crippen LogP contribution >= 0.6 is 11.3 Å². The zero-order valence-corrected chi connectivity index (χ0v) is 22.3. The lowest BCUT2D eigenvalue weighted by Crippen LogP contribution is -2.46. The van der Waals surface area contributed by atoms with Crippen molar-refractivity contribution in [3.8, 4) is 22.9 Å². The predicted octanol–water partition coefficient (Wildman–Crippen LogP) is 4.10. The van der Waals surface area contributed by atoms with Crippen molar-refractivity contribution in [2.45, 2.75) is 50.9 Å². The van der Waals surface area contributed by atoms with Crippen molar-refractivity contribution < 1.29 is 23.5 Å². The molecule has 1 unspecified atom stereocenters. The number of nitrogens with zero attached hydrogens (tertiary/aromatic N) is 5. The first kappa shape index (κ1) is 25.9. The summed E-state index contributed by atoms with van der Waals surface area (Å²) in [6.45, 7) is -0.0268. The maximum Gasteiger partial charge on any atom is 0.248 e. The quantitative estimate of drug-likeness (QED) is 0.327. The van der Waals surface area contributed by atoms with Gasteiger partial charge in [0.15, 0.2) is 11.5 Å². The number of rotatable bonds is 9. The molecule has 1 fully saturated rings. The number of halogens is 1. The Balaban J connectivity index is 1.31. The van der Waals surface area contributed by atoms with Gasteiger partial charge in [-0.2, -0.15) is 4.80 Å². The molecule has 1 aliphatic carbocycles. The van der Waals surface area contributed by atoms with Gasteiger partial charge in [0.25, 0.3) is 0 Å². The molecule has 2 amide bonds. The molecule has 206 valence electrons. The minimum Gasteiger partial charge on any atom is -0.454 e. The van der Waals surface area contributed by atoms with Crippen molar-refractivity contribution in [2.75, 3.05) is 6.79 Å². The van der Waals surface area contributed by atoms with Crippen LogP contribution in [0.4, 0.5) is 4.39 Å². The molecule has 2 aromatic heterocycles. The third kappa shape index (κ3) is 5.53. The summed E-state index contributed by atoms with van der Waals surface area (Å²) in [6, 6.07) is 14.5. The second-order valence-electron chi connectivity index (χ2n) is 9.74. The zero-order valence-electron chi connectivity index (χ0n) is 21.5. The molecule has 3 heterocycles. The summed E-state index contributed by atoms with van der Waals surface area (Å²) in [5, 5.41) is 17.2. The Hall–Kier alpha value is -4.32. The molecular formula is C28H27FN6O4S. The van der Waals surface area contributed by atoms with Crippen molar-refractivity contribution in [1.82, 2.24) is 30.4 Å². The number of tetrazole rings is 1. The number of ether oxygens (including phenoxy) is 2. The number of amides is 2. The number of carbonyl (C=O) groups excluding carboxylic acids is 2. The Morgan fingerprint density at radius 1 is 1.10 bits per heavy atom.